The topological polar surface area (TPSA) is 87.4 Å². The van der Waals surface area contributed by atoms with E-state index in [0.717, 1.165) is 30.3 Å². The van der Waals surface area contributed by atoms with Crippen LogP contribution in [-0.2, 0) is 21.8 Å². The average Bonchev–Trinajstić information content (AvgIpc) is 2.79. The second-order valence-electron chi connectivity index (χ2n) is 6.81. The Hall–Kier alpha value is -2.31. The van der Waals surface area contributed by atoms with Crippen molar-refractivity contribution in [3.05, 3.63) is 52.8 Å². The van der Waals surface area contributed by atoms with E-state index in [1.807, 2.05) is 0 Å². The van der Waals surface area contributed by atoms with Gasteiger partial charge >= 0.3 is 0 Å². The van der Waals surface area contributed by atoms with Crippen molar-refractivity contribution in [1.82, 2.24) is 0 Å². The first-order valence-electron chi connectivity index (χ1n) is 8.17. The first kappa shape index (κ1) is 22.4. The Kier molecular flexibility index (Phi) is 5.11. The van der Waals surface area contributed by atoms with Crippen molar-refractivity contribution in [3.8, 4) is 17.6 Å². The van der Waals surface area contributed by atoms with Crippen molar-refractivity contribution < 1.29 is 31.4 Å². The molecular formula is C17H8B4F3NO4S. The van der Waals surface area contributed by atoms with Crippen molar-refractivity contribution >= 4 is 41.2 Å². The zero-order valence-electron chi connectivity index (χ0n) is 15.1. The molecule has 0 aliphatic heterocycles. The predicted octanol–water partition coefficient (Wildman–Crippen LogP) is 0.885. The summed E-state index contributed by atoms with van der Waals surface area (Å²) >= 11 is 0. The Morgan fingerprint density at radius 1 is 1.20 bits per heavy atom. The highest BCUT2D eigenvalue weighted by Crippen LogP contribution is 2.52. The molecule has 0 fully saturated rings. The highest BCUT2D eigenvalue weighted by Gasteiger charge is 2.59. The zero-order chi connectivity index (χ0) is 22.7. The molecule has 1 atom stereocenters. The van der Waals surface area contributed by atoms with Crippen LogP contribution >= 0.6 is 0 Å². The maximum atomic E-state index is 14.5. The fourth-order valence-electron chi connectivity index (χ4n) is 3.06. The second kappa shape index (κ2) is 6.86. The first-order valence-corrected chi connectivity index (χ1v) is 9.65. The molecule has 0 saturated heterocycles. The molecule has 0 saturated carbocycles. The Morgan fingerprint density at radius 2 is 1.83 bits per heavy atom. The van der Waals surface area contributed by atoms with E-state index < -0.39 is 54.0 Å². The highest BCUT2D eigenvalue weighted by molar-refractivity contribution is 7.96. The number of aliphatic hydroxyl groups is 1. The molecule has 8 radical (unpaired) electrons. The lowest BCUT2D eigenvalue weighted by Gasteiger charge is -2.30. The number of nitriles is 1. The molecule has 3 rings (SSSR count). The van der Waals surface area contributed by atoms with Gasteiger partial charge < -0.3 is 9.84 Å². The van der Waals surface area contributed by atoms with Crippen molar-refractivity contribution in [3.63, 3.8) is 0 Å². The third-order valence-electron chi connectivity index (χ3n) is 4.55. The van der Waals surface area contributed by atoms with E-state index in [2.05, 4.69) is 0 Å². The van der Waals surface area contributed by atoms with E-state index in [-0.39, 0.29) is 17.1 Å². The van der Waals surface area contributed by atoms with Crippen LogP contribution in [0.5, 0.6) is 11.5 Å². The number of ether oxygens (including phenoxy) is 1. The number of hydrogen-bond donors (Lipinski definition) is 1. The van der Waals surface area contributed by atoms with Gasteiger partial charge in [-0.3, -0.25) is 0 Å². The SMILES string of the molecule is [B]C([B])([B])S(=O)(=O)c1ccc(Oc2cc(F)cc(C#N)c2)c2c1[C@]([B])(O)C(F)(F)C2. The van der Waals surface area contributed by atoms with Crippen LogP contribution in [0.3, 0.4) is 0 Å². The van der Waals surface area contributed by atoms with Crippen LogP contribution in [0.1, 0.15) is 16.7 Å². The minimum Gasteiger partial charge on any atom is -0.457 e. The fourth-order valence-corrected chi connectivity index (χ4v) is 4.24. The second-order valence-corrected chi connectivity index (χ2v) is 8.96. The first-order chi connectivity index (χ1) is 13.6. The van der Waals surface area contributed by atoms with E-state index in [0.29, 0.717) is 0 Å². The number of rotatable bonds is 4. The molecule has 5 nitrogen and oxygen atoms in total. The van der Waals surface area contributed by atoms with Gasteiger partial charge in [0, 0.05) is 23.6 Å². The summed E-state index contributed by atoms with van der Waals surface area (Å²) in [6, 6.07) is 6.39. The molecule has 0 amide bonds. The maximum absolute atomic E-state index is 14.5. The van der Waals surface area contributed by atoms with E-state index in [1.165, 1.54) is 0 Å². The van der Waals surface area contributed by atoms with Gasteiger partial charge in [0.05, 0.1) is 40.1 Å². The maximum Gasteiger partial charge on any atom is 0.275 e. The van der Waals surface area contributed by atoms with Crippen LogP contribution in [0, 0.1) is 17.1 Å². The van der Waals surface area contributed by atoms with E-state index in [9.17, 15) is 26.7 Å². The largest absolute Gasteiger partial charge is 0.457 e. The minimum atomic E-state index is -4.83. The summed E-state index contributed by atoms with van der Waals surface area (Å²) in [5.74, 6) is -5.42. The smallest absolute Gasteiger partial charge is 0.275 e. The number of halogens is 3. The lowest BCUT2D eigenvalue weighted by molar-refractivity contribution is -0.126. The van der Waals surface area contributed by atoms with E-state index >= 15 is 0 Å². The summed E-state index contributed by atoms with van der Waals surface area (Å²) < 4.78 is 70.3. The Labute approximate surface area is 175 Å². The number of hydrogen-bond acceptors (Lipinski definition) is 5. The van der Waals surface area contributed by atoms with Crippen LogP contribution < -0.4 is 4.74 Å². The summed E-state index contributed by atoms with van der Waals surface area (Å²) in [5, 5.41) is 19.2. The van der Waals surface area contributed by atoms with Crippen molar-refractivity contribution in [1.29, 1.82) is 5.26 Å². The van der Waals surface area contributed by atoms with Gasteiger partial charge in [0.1, 0.15) is 30.7 Å². The van der Waals surface area contributed by atoms with Gasteiger partial charge in [-0.05, 0) is 28.7 Å². The highest BCUT2D eigenvalue weighted by atomic mass is 32.2. The molecule has 1 aliphatic rings. The van der Waals surface area contributed by atoms with Crippen LogP contribution in [0.15, 0.2) is 35.2 Å². The van der Waals surface area contributed by atoms with Crippen LogP contribution in [-0.4, -0.2) is 55.3 Å². The van der Waals surface area contributed by atoms with E-state index in [1.54, 1.807) is 6.07 Å². The van der Waals surface area contributed by atoms with Gasteiger partial charge in [0.25, 0.3) is 5.92 Å². The van der Waals surface area contributed by atoms with Crippen molar-refractivity contribution in [2.75, 3.05) is 0 Å². The summed E-state index contributed by atoms with van der Waals surface area (Å²) in [4.78, 5) is -0.906. The molecule has 144 valence electrons. The van der Waals surface area contributed by atoms with Gasteiger partial charge in [-0.1, -0.05) is 0 Å². The summed E-state index contributed by atoms with van der Waals surface area (Å²) in [6.45, 7) is 0. The molecule has 2 aromatic carbocycles. The number of fused-ring (bicyclic) bond motifs is 1. The lowest BCUT2D eigenvalue weighted by Crippen LogP contribution is -2.45. The third-order valence-corrected chi connectivity index (χ3v) is 6.40. The van der Waals surface area contributed by atoms with Crippen LogP contribution in [0.4, 0.5) is 13.2 Å². The minimum absolute atomic E-state index is 0.110. The summed E-state index contributed by atoms with van der Waals surface area (Å²) in [7, 11) is 16.4. The number of sulfone groups is 1. The molecule has 30 heavy (non-hydrogen) atoms. The molecule has 1 aliphatic carbocycles. The molecular weight excluding hydrogens is 414 g/mol. The Bertz CT molecular complexity index is 1190. The van der Waals surface area contributed by atoms with Gasteiger partial charge in [-0.15, -0.1) is 0 Å². The number of alkyl halides is 2. The lowest BCUT2D eigenvalue weighted by atomic mass is 9.56. The predicted molar refractivity (Wildman–Crippen MR) is 103 cm³/mol. The Morgan fingerprint density at radius 3 is 2.40 bits per heavy atom. The van der Waals surface area contributed by atoms with Crippen LogP contribution in [0.25, 0.3) is 0 Å². The van der Waals surface area contributed by atoms with Crippen molar-refractivity contribution in [2.45, 2.75) is 27.2 Å². The molecule has 0 bridgehead atoms. The molecule has 0 spiro atoms. The molecule has 13 heteroatoms. The van der Waals surface area contributed by atoms with Crippen LogP contribution in [0.2, 0.25) is 0 Å². The van der Waals surface area contributed by atoms with Gasteiger partial charge in [0.15, 0.2) is 9.84 Å². The van der Waals surface area contributed by atoms with Gasteiger partial charge in [-0.25, -0.2) is 21.6 Å². The van der Waals surface area contributed by atoms with Gasteiger partial charge in [-0.2, -0.15) is 5.26 Å². The standard InChI is InChI=1S/C17H8B4F3NO4S/c18-16(26)14-11(6-15(16,23)24)12(1-2-13(14)30(27,28)17(19,20)21)29-10-4-8(7-25)3-9(22)5-10/h1-5,26H,6H2/t16-/m0/s1. The zero-order valence-corrected chi connectivity index (χ0v) is 15.9. The summed E-state index contributed by atoms with van der Waals surface area (Å²) in [5.41, 5.74) is -4.90. The number of benzene rings is 2. The van der Waals surface area contributed by atoms with Crippen molar-refractivity contribution in [2.24, 2.45) is 0 Å². The molecule has 0 heterocycles. The molecule has 0 unspecified atom stereocenters. The fraction of sp³-hybridized carbons (Fsp3) is 0.235. The Balaban J connectivity index is 2.25. The quantitative estimate of drug-likeness (QED) is 0.740. The normalized spacial score (nSPS) is 20.4. The average molecular weight is 423 g/mol. The van der Waals surface area contributed by atoms with Gasteiger partial charge in [0.2, 0.25) is 0 Å². The third kappa shape index (κ3) is 3.42. The molecule has 0 aromatic heterocycles. The summed E-state index contributed by atoms with van der Waals surface area (Å²) in [6.07, 6.45) is -1.21. The van der Waals surface area contributed by atoms with E-state index in [4.69, 9.17) is 41.4 Å². The molecule has 1 N–H and O–H groups in total. The monoisotopic (exact) mass is 423 g/mol. The molecule has 2 aromatic rings. The number of nitrogens with zero attached hydrogens (tertiary/aromatic N) is 1.